The number of sulfonamides is 1. The molecule has 156 valence electrons. The molecule has 0 fully saturated rings. The summed E-state index contributed by atoms with van der Waals surface area (Å²) in [6.45, 7) is 1.72. The Hall–Kier alpha value is -3.64. The van der Waals surface area contributed by atoms with Gasteiger partial charge in [-0.2, -0.15) is 0 Å². The third-order valence-corrected chi connectivity index (χ3v) is 6.52. The van der Waals surface area contributed by atoms with Crippen LogP contribution in [0.4, 0.5) is 5.69 Å². The molecule has 0 aliphatic carbocycles. The summed E-state index contributed by atoms with van der Waals surface area (Å²) in [5.41, 5.74) is 3.33. The van der Waals surface area contributed by atoms with E-state index in [9.17, 15) is 13.2 Å². The lowest BCUT2D eigenvalue weighted by Crippen LogP contribution is -2.14. The number of hydrogen-bond acceptors (Lipinski definition) is 4. The van der Waals surface area contributed by atoms with Gasteiger partial charge in [-0.3, -0.25) is 4.72 Å². The van der Waals surface area contributed by atoms with Gasteiger partial charge < -0.3 is 4.74 Å². The van der Waals surface area contributed by atoms with E-state index < -0.39 is 16.0 Å². The molecule has 0 atom stereocenters. The van der Waals surface area contributed by atoms with Crippen molar-refractivity contribution in [1.29, 1.82) is 0 Å². The zero-order valence-corrected chi connectivity index (χ0v) is 17.9. The first-order valence-electron chi connectivity index (χ1n) is 9.68. The molecule has 0 unspecified atom stereocenters. The van der Waals surface area contributed by atoms with E-state index >= 15 is 0 Å². The lowest BCUT2D eigenvalue weighted by Gasteiger charge is -2.11. The van der Waals surface area contributed by atoms with Crippen LogP contribution in [0.3, 0.4) is 0 Å². The van der Waals surface area contributed by atoms with Crippen molar-refractivity contribution in [1.82, 2.24) is 0 Å². The summed E-state index contributed by atoms with van der Waals surface area (Å²) in [6, 6.07) is 25.9. The summed E-state index contributed by atoms with van der Waals surface area (Å²) >= 11 is 0. The lowest BCUT2D eigenvalue weighted by molar-refractivity contribution is 0.0599. The molecule has 6 heteroatoms. The fraction of sp³-hybridized carbons (Fsp3) is 0.0800. The molecule has 0 saturated heterocycles. The quantitative estimate of drug-likeness (QED) is 0.429. The third kappa shape index (κ3) is 4.29. The topological polar surface area (TPSA) is 72.5 Å². The van der Waals surface area contributed by atoms with Gasteiger partial charge in [0.1, 0.15) is 0 Å². The zero-order valence-electron chi connectivity index (χ0n) is 17.1. The summed E-state index contributed by atoms with van der Waals surface area (Å²) in [5.74, 6) is -0.575. The summed E-state index contributed by atoms with van der Waals surface area (Å²) in [4.78, 5) is 11.9. The van der Waals surface area contributed by atoms with Crippen LogP contribution in [0, 0.1) is 6.92 Å². The molecule has 5 nitrogen and oxygen atoms in total. The van der Waals surface area contributed by atoms with E-state index in [0.717, 1.165) is 16.5 Å². The molecule has 0 bridgehead atoms. The minimum absolute atomic E-state index is 0.00268. The molecule has 0 heterocycles. The molecular weight excluding hydrogens is 410 g/mol. The normalized spacial score (nSPS) is 11.3. The molecule has 0 spiro atoms. The molecule has 31 heavy (non-hydrogen) atoms. The number of benzene rings is 4. The maximum absolute atomic E-state index is 12.8. The van der Waals surface area contributed by atoms with Crippen molar-refractivity contribution < 1.29 is 17.9 Å². The van der Waals surface area contributed by atoms with Crippen LogP contribution < -0.4 is 4.72 Å². The van der Waals surface area contributed by atoms with Gasteiger partial charge in [0, 0.05) is 5.69 Å². The van der Waals surface area contributed by atoms with Gasteiger partial charge in [-0.1, -0.05) is 54.6 Å². The average Bonchev–Trinajstić information content (AvgIpc) is 2.78. The van der Waals surface area contributed by atoms with Crippen LogP contribution in [0.15, 0.2) is 89.8 Å². The van der Waals surface area contributed by atoms with Crippen LogP contribution in [-0.4, -0.2) is 21.5 Å². The van der Waals surface area contributed by atoms with Gasteiger partial charge in [0.15, 0.2) is 0 Å². The summed E-state index contributed by atoms with van der Waals surface area (Å²) < 4.78 is 32.9. The van der Waals surface area contributed by atoms with Gasteiger partial charge in [0.2, 0.25) is 0 Å². The van der Waals surface area contributed by atoms with Crippen molar-refractivity contribution in [3.05, 3.63) is 96.1 Å². The van der Waals surface area contributed by atoms with E-state index in [1.54, 1.807) is 25.1 Å². The smallest absolute Gasteiger partial charge is 0.338 e. The van der Waals surface area contributed by atoms with Crippen LogP contribution in [0.25, 0.3) is 21.9 Å². The first kappa shape index (κ1) is 20.6. The molecule has 4 aromatic carbocycles. The van der Waals surface area contributed by atoms with Crippen molar-refractivity contribution >= 4 is 32.5 Å². The number of hydrogen-bond donors (Lipinski definition) is 1. The van der Waals surface area contributed by atoms with Crippen LogP contribution in [-0.2, 0) is 14.8 Å². The van der Waals surface area contributed by atoms with E-state index in [2.05, 4.69) is 29.0 Å². The number of esters is 1. The highest BCUT2D eigenvalue weighted by Gasteiger charge is 2.18. The molecule has 4 rings (SSSR count). The van der Waals surface area contributed by atoms with E-state index in [1.807, 2.05) is 30.3 Å². The van der Waals surface area contributed by atoms with Crippen molar-refractivity contribution in [3.63, 3.8) is 0 Å². The molecule has 0 aliphatic rings. The van der Waals surface area contributed by atoms with Gasteiger partial charge >= 0.3 is 5.97 Å². The molecule has 0 amide bonds. The molecule has 0 aliphatic heterocycles. The first-order chi connectivity index (χ1) is 14.9. The van der Waals surface area contributed by atoms with Crippen LogP contribution in [0.1, 0.15) is 15.9 Å². The number of ether oxygens (including phenoxy) is 1. The summed E-state index contributed by atoms with van der Waals surface area (Å²) in [7, 11) is -2.60. The van der Waals surface area contributed by atoms with Gasteiger partial charge in [-0.05, 0) is 64.7 Å². The number of fused-ring (bicyclic) bond motifs is 1. The second-order valence-corrected chi connectivity index (χ2v) is 8.90. The molecular formula is C25H21NO4S. The molecule has 0 radical (unpaired) electrons. The number of aryl methyl sites for hydroxylation is 1. The maximum atomic E-state index is 12.8. The van der Waals surface area contributed by atoms with Gasteiger partial charge in [-0.15, -0.1) is 0 Å². The molecule has 0 saturated carbocycles. The SMILES string of the molecule is COC(=O)c1cc(S(=O)(=O)Nc2ccc(-c3ccc4ccccc4c3)cc2)ccc1C. The van der Waals surface area contributed by atoms with Crippen molar-refractivity contribution in [2.75, 3.05) is 11.8 Å². The van der Waals surface area contributed by atoms with E-state index in [-0.39, 0.29) is 10.5 Å². The van der Waals surface area contributed by atoms with E-state index in [0.29, 0.717) is 11.3 Å². The zero-order chi connectivity index (χ0) is 22.0. The Morgan fingerprint density at radius 3 is 2.19 bits per heavy atom. The monoisotopic (exact) mass is 431 g/mol. The number of carbonyl (C=O) groups is 1. The number of nitrogens with one attached hydrogen (secondary N) is 1. The summed E-state index contributed by atoms with van der Waals surface area (Å²) in [5, 5.41) is 2.31. The average molecular weight is 432 g/mol. The predicted molar refractivity (Wildman–Crippen MR) is 123 cm³/mol. The number of carbonyl (C=O) groups excluding carboxylic acids is 1. The lowest BCUT2D eigenvalue weighted by atomic mass is 10.0. The fourth-order valence-corrected chi connectivity index (χ4v) is 4.50. The Labute approximate surface area is 181 Å². The van der Waals surface area contributed by atoms with Gasteiger partial charge in [-0.25, -0.2) is 13.2 Å². The molecule has 0 aromatic heterocycles. The van der Waals surface area contributed by atoms with Crippen molar-refractivity contribution in [2.24, 2.45) is 0 Å². The second kappa shape index (κ2) is 8.24. The van der Waals surface area contributed by atoms with Gasteiger partial charge in [0.05, 0.1) is 17.6 Å². The molecule has 4 aromatic rings. The van der Waals surface area contributed by atoms with E-state index in [4.69, 9.17) is 4.74 Å². The van der Waals surface area contributed by atoms with Crippen LogP contribution in [0.5, 0.6) is 0 Å². The Balaban J connectivity index is 1.59. The van der Waals surface area contributed by atoms with Gasteiger partial charge in [0.25, 0.3) is 10.0 Å². The Kier molecular flexibility index (Phi) is 5.48. The Bertz CT molecular complexity index is 1380. The Morgan fingerprint density at radius 1 is 0.806 bits per heavy atom. The predicted octanol–water partition coefficient (Wildman–Crippen LogP) is 5.40. The van der Waals surface area contributed by atoms with Crippen LogP contribution in [0.2, 0.25) is 0 Å². The highest BCUT2D eigenvalue weighted by atomic mass is 32.2. The number of methoxy groups -OCH3 is 1. The number of anilines is 1. The first-order valence-corrected chi connectivity index (χ1v) is 11.2. The fourth-order valence-electron chi connectivity index (χ4n) is 3.41. The Morgan fingerprint density at radius 2 is 1.48 bits per heavy atom. The minimum Gasteiger partial charge on any atom is -0.465 e. The largest absolute Gasteiger partial charge is 0.465 e. The highest BCUT2D eigenvalue weighted by Crippen LogP contribution is 2.27. The minimum atomic E-state index is -3.86. The second-order valence-electron chi connectivity index (χ2n) is 7.21. The highest BCUT2D eigenvalue weighted by molar-refractivity contribution is 7.92. The summed E-state index contributed by atoms with van der Waals surface area (Å²) in [6.07, 6.45) is 0. The molecule has 1 N–H and O–H groups in total. The number of rotatable bonds is 5. The maximum Gasteiger partial charge on any atom is 0.338 e. The van der Waals surface area contributed by atoms with Crippen molar-refractivity contribution in [2.45, 2.75) is 11.8 Å². The standard InChI is InChI=1S/C25H21NO4S/c1-17-7-14-23(16-24(17)25(27)30-2)31(28,29)26-22-12-10-19(11-13-22)21-9-8-18-5-3-4-6-20(18)15-21/h3-16,26H,1-2H3. The van der Waals surface area contributed by atoms with Crippen LogP contribution >= 0.6 is 0 Å². The van der Waals surface area contributed by atoms with Crippen molar-refractivity contribution in [3.8, 4) is 11.1 Å². The van der Waals surface area contributed by atoms with E-state index in [1.165, 1.54) is 24.6 Å². The third-order valence-electron chi connectivity index (χ3n) is 5.14.